The summed E-state index contributed by atoms with van der Waals surface area (Å²) in [4.78, 5) is 17.6. The van der Waals surface area contributed by atoms with Gasteiger partial charge in [-0.2, -0.15) is 0 Å². The Balaban J connectivity index is 2.09. The molecule has 4 heteroatoms. The summed E-state index contributed by atoms with van der Waals surface area (Å²) in [5.74, 6) is 0.896. The maximum atomic E-state index is 13.1. The van der Waals surface area contributed by atoms with Gasteiger partial charge >= 0.3 is 0 Å². The third-order valence-electron chi connectivity index (χ3n) is 6.36. The molecular formula is C17H33N3O. The Kier molecular flexibility index (Phi) is 4.99. The zero-order valence-corrected chi connectivity index (χ0v) is 14.4. The molecule has 4 nitrogen and oxygen atoms in total. The molecule has 0 spiro atoms. The van der Waals surface area contributed by atoms with E-state index in [0.29, 0.717) is 17.9 Å². The van der Waals surface area contributed by atoms with Crippen LogP contribution < -0.4 is 5.73 Å². The molecule has 0 bridgehead atoms. The molecule has 1 aliphatic carbocycles. The Labute approximate surface area is 130 Å². The molecule has 1 saturated carbocycles. The smallest absolute Gasteiger partial charge is 0.226 e. The van der Waals surface area contributed by atoms with Crippen molar-refractivity contribution in [1.82, 2.24) is 9.80 Å². The van der Waals surface area contributed by atoms with Gasteiger partial charge in [-0.25, -0.2) is 0 Å². The Bertz CT molecular complexity index is 382. The van der Waals surface area contributed by atoms with Crippen LogP contribution in [0.5, 0.6) is 0 Å². The lowest BCUT2D eigenvalue weighted by atomic mass is 9.60. The van der Waals surface area contributed by atoms with Crippen LogP contribution in [0.1, 0.15) is 47.0 Å². The first kappa shape index (κ1) is 16.8. The van der Waals surface area contributed by atoms with Crippen LogP contribution in [0, 0.1) is 17.3 Å². The Morgan fingerprint density at radius 2 is 1.95 bits per heavy atom. The van der Waals surface area contributed by atoms with Crippen LogP contribution in [0.2, 0.25) is 0 Å². The fraction of sp³-hybridized carbons (Fsp3) is 0.941. The molecule has 4 unspecified atom stereocenters. The molecule has 0 aromatic heterocycles. The topological polar surface area (TPSA) is 49.6 Å². The van der Waals surface area contributed by atoms with E-state index in [1.165, 1.54) is 0 Å². The molecule has 1 aliphatic heterocycles. The third-order valence-corrected chi connectivity index (χ3v) is 6.36. The quantitative estimate of drug-likeness (QED) is 0.847. The molecule has 1 heterocycles. The van der Waals surface area contributed by atoms with E-state index in [-0.39, 0.29) is 17.4 Å². The third kappa shape index (κ3) is 3.11. The van der Waals surface area contributed by atoms with Crippen LogP contribution in [0.15, 0.2) is 0 Å². The monoisotopic (exact) mass is 295 g/mol. The first-order valence-electron chi connectivity index (χ1n) is 8.53. The molecule has 1 amide bonds. The Morgan fingerprint density at radius 1 is 1.29 bits per heavy atom. The highest BCUT2D eigenvalue weighted by Crippen LogP contribution is 2.45. The van der Waals surface area contributed by atoms with Gasteiger partial charge in [-0.15, -0.1) is 0 Å². The van der Waals surface area contributed by atoms with E-state index in [4.69, 9.17) is 5.73 Å². The largest absolute Gasteiger partial charge is 0.340 e. The van der Waals surface area contributed by atoms with Crippen molar-refractivity contribution >= 4 is 5.91 Å². The molecular weight excluding hydrogens is 262 g/mol. The van der Waals surface area contributed by atoms with Crippen LogP contribution in [-0.4, -0.2) is 54.5 Å². The molecule has 0 radical (unpaired) electrons. The van der Waals surface area contributed by atoms with E-state index in [9.17, 15) is 4.79 Å². The molecule has 2 aliphatic rings. The molecule has 2 N–H and O–H groups in total. The number of amides is 1. The van der Waals surface area contributed by atoms with Gasteiger partial charge in [-0.1, -0.05) is 27.7 Å². The van der Waals surface area contributed by atoms with E-state index < -0.39 is 0 Å². The van der Waals surface area contributed by atoms with E-state index in [1.807, 2.05) is 0 Å². The maximum absolute atomic E-state index is 13.1. The van der Waals surface area contributed by atoms with Crippen molar-refractivity contribution in [1.29, 1.82) is 0 Å². The standard InChI is InChI=1S/C17H33N3O/c1-6-13-11-20(10-9-19(13)5)16(21)14-7-8-15(18)12(2)17(14,3)4/h12-15H,6-11,18H2,1-5H3. The number of hydrogen-bond donors (Lipinski definition) is 1. The summed E-state index contributed by atoms with van der Waals surface area (Å²) in [7, 11) is 2.17. The normalized spacial score (nSPS) is 37.5. The van der Waals surface area contributed by atoms with E-state index in [1.54, 1.807) is 0 Å². The lowest BCUT2D eigenvalue weighted by Crippen LogP contribution is -2.58. The fourth-order valence-electron chi connectivity index (χ4n) is 4.10. The number of piperazine rings is 1. The molecule has 2 rings (SSSR count). The van der Waals surface area contributed by atoms with Crippen molar-refractivity contribution in [3.05, 3.63) is 0 Å². The van der Waals surface area contributed by atoms with Crippen molar-refractivity contribution in [2.75, 3.05) is 26.7 Å². The first-order chi connectivity index (χ1) is 9.78. The van der Waals surface area contributed by atoms with Crippen molar-refractivity contribution in [3.63, 3.8) is 0 Å². The van der Waals surface area contributed by atoms with Gasteiger partial charge in [0.05, 0.1) is 0 Å². The van der Waals surface area contributed by atoms with Gasteiger partial charge in [0.1, 0.15) is 0 Å². The number of rotatable bonds is 2. The summed E-state index contributed by atoms with van der Waals surface area (Å²) in [6.07, 6.45) is 3.03. The van der Waals surface area contributed by atoms with Gasteiger partial charge in [0.15, 0.2) is 0 Å². The number of hydrogen-bond acceptors (Lipinski definition) is 3. The highest BCUT2D eigenvalue weighted by molar-refractivity contribution is 5.80. The highest BCUT2D eigenvalue weighted by atomic mass is 16.2. The second-order valence-corrected chi connectivity index (χ2v) is 7.73. The van der Waals surface area contributed by atoms with Gasteiger partial charge in [0.25, 0.3) is 0 Å². The van der Waals surface area contributed by atoms with Crippen molar-refractivity contribution < 1.29 is 4.79 Å². The minimum Gasteiger partial charge on any atom is -0.340 e. The van der Waals surface area contributed by atoms with Crippen LogP contribution in [0.25, 0.3) is 0 Å². The second kappa shape index (κ2) is 6.25. The zero-order chi connectivity index (χ0) is 15.8. The van der Waals surface area contributed by atoms with Gasteiger partial charge < -0.3 is 10.6 Å². The molecule has 0 aromatic carbocycles. The van der Waals surface area contributed by atoms with Crippen LogP contribution >= 0.6 is 0 Å². The fourth-order valence-corrected chi connectivity index (χ4v) is 4.10. The number of nitrogens with two attached hydrogens (primary N) is 1. The van der Waals surface area contributed by atoms with Crippen molar-refractivity contribution in [2.24, 2.45) is 23.0 Å². The molecule has 1 saturated heterocycles. The minimum atomic E-state index is -0.000188. The van der Waals surface area contributed by atoms with Crippen LogP contribution in [0.4, 0.5) is 0 Å². The zero-order valence-electron chi connectivity index (χ0n) is 14.4. The SMILES string of the molecule is CCC1CN(C(=O)C2CCC(N)C(C)C2(C)C)CCN1C. The number of nitrogens with zero attached hydrogens (tertiary/aromatic N) is 2. The predicted molar refractivity (Wildman–Crippen MR) is 86.9 cm³/mol. The molecule has 21 heavy (non-hydrogen) atoms. The minimum absolute atomic E-state index is 0.000188. The summed E-state index contributed by atoms with van der Waals surface area (Å²) < 4.78 is 0. The molecule has 0 aromatic rings. The lowest BCUT2D eigenvalue weighted by molar-refractivity contribution is -0.146. The average molecular weight is 295 g/mol. The second-order valence-electron chi connectivity index (χ2n) is 7.73. The molecule has 122 valence electrons. The van der Waals surface area contributed by atoms with Crippen LogP contribution in [0.3, 0.4) is 0 Å². The first-order valence-corrected chi connectivity index (χ1v) is 8.53. The summed E-state index contributed by atoms with van der Waals surface area (Å²) in [6, 6.07) is 0.744. The molecule has 4 atom stereocenters. The van der Waals surface area contributed by atoms with Gasteiger partial charge in [-0.3, -0.25) is 9.69 Å². The number of likely N-dealkylation sites (N-methyl/N-ethyl adjacent to an activating group) is 1. The van der Waals surface area contributed by atoms with Crippen molar-refractivity contribution in [2.45, 2.75) is 59.0 Å². The van der Waals surface area contributed by atoms with Gasteiger partial charge in [-0.05, 0) is 37.6 Å². The van der Waals surface area contributed by atoms with Gasteiger partial charge in [0.2, 0.25) is 5.91 Å². The van der Waals surface area contributed by atoms with E-state index >= 15 is 0 Å². The van der Waals surface area contributed by atoms with Gasteiger partial charge in [0, 0.05) is 37.6 Å². The van der Waals surface area contributed by atoms with Crippen molar-refractivity contribution in [3.8, 4) is 0 Å². The number of carbonyl (C=O) groups is 1. The Morgan fingerprint density at radius 3 is 2.57 bits per heavy atom. The summed E-state index contributed by atoms with van der Waals surface area (Å²) >= 11 is 0. The summed E-state index contributed by atoms with van der Waals surface area (Å²) in [6.45, 7) is 11.6. The highest BCUT2D eigenvalue weighted by Gasteiger charge is 2.46. The summed E-state index contributed by atoms with van der Waals surface area (Å²) in [5.41, 5.74) is 6.22. The maximum Gasteiger partial charge on any atom is 0.226 e. The van der Waals surface area contributed by atoms with E-state index in [0.717, 1.165) is 38.9 Å². The predicted octanol–water partition coefficient (Wildman–Crippen LogP) is 1.94. The lowest BCUT2D eigenvalue weighted by Gasteiger charge is -2.49. The average Bonchev–Trinajstić information content (AvgIpc) is 2.45. The van der Waals surface area contributed by atoms with E-state index in [2.05, 4.69) is 44.5 Å². The summed E-state index contributed by atoms with van der Waals surface area (Å²) in [5, 5.41) is 0. The number of carbonyl (C=O) groups excluding carboxylic acids is 1. The Hall–Kier alpha value is -0.610. The van der Waals surface area contributed by atoms with Crippen LogP contribution in [-0.2, 0) is 4.79 Å². The molecule has 2 fully saturated rings.